The molecule has 0 saturated heterocycles. The Morgan fingerprint density at radius 2 is 1.46 bits per heavy atom. The number of fused-ring (bicyclic) bond motifs is 2. The Morgan fingerprint density at radius 3 is 2.14 bits per heavy atom. The maximum Gasteiger partial charge on any atom is 0.292 e. The zero-order chi connectivity index (χ0) is 25.4. The number of hydrogen-bond acceptors (Lipinski definition) is 6. The molecule has 3 aromatic heterocycles. The summed E-state index contributed by atoms with van der Waals surface area (Å²) < 4.78 is 35.1. The second-order valence-electron chi connectivity index (χ2n) is 8.38. The topological polar surface area (TPSA) is 107 Å². The van der Waals surface area contributed by atoms with Crippen LogP contribution in [0.3, 0.4) is 0 Å². The summed E-state index contributed by atoms with van der Waals surface area (Å²) >= 11 is 0. The highest BCUT2D eigenvalue weighted by Gasteiger charge is 2.32. The molecule has 1 amide bonds. The number of carbonyl (C=O) groups is 1. The van der Waals surface area contributed by atoms with Crippen molar-refractivity contribution >= 4 is 43.8 Å². The normalized spacial score (nSPS) is 11.7. The number of carbonyl (C=O) groups excluding carboxylic acids is 1. The number of hydrogen-bond donors (Lipinski definition) is 1. The number of benzene rings is 3. The Morgan fingerprint density at radius 1 is 0.811 bits per heavy atom. The van der Waals surface area contributed by atoms with Crippen LogP contribution in [0.5, 0.6) is 0 Å². The van der Waals surface area contributed by atoms with Gasteiger partial charge in [0.2, 0.25) is 9.84 Å². The van der Waals surface area contributed by atoms with E-state index in [1.165, 1.54) is 24.5 Å². The lowest BCUT2D eigenvalue weighted by Crippen LogP contribution is -2.17. The molecule has 37 heavy (non-hydrogen) atoms. The van der Waals surface area contributed by atoms with Crippen molar-refractivity contribution in [3.8, 4) is 0 Å². The number of para-hydroxylation sites is 2. The molecule has 1 N–H and O–H groups in total. The molecule has 0 unspecified atom stereocenters. The van der Waals surface area contributed by atoms with E-state index in [2.05, 4.69) is 5.32 Å². The molecule has 0 fully saturated rings. The molecular weight excluding hydrogens is 488 g/mol. The van der Waals surface area contributed by atoms with E-state index in [9.17, 15) is 13.2 Å². The minimum absolute atomic E-state index is 0.0469. The fraction of sp³-hybridized carbons (Fsp3) is 0.0357. The molecule has 6 aromatic rings. The van der Waals surface area contributed by atoms with E-state index in [0.717, 1.165) is 5.56 Å². The van der Waals surface area contributed by atoms with Crippen molar-refractivity contribution < 1.29 is 17.6 Å². The fourth-order valence-corrected chi connectivity index (χ4v) is 5.82. The third-order valence-corrected chi connectivity index (χ3v) is 7.81. The van der Waals surface area contributed by atoms with E-state index in [1.54, 1.807) is 34.9 Å². The van der Waals surface area contributed by atoms with Crippen LogP contribution in [-0.4, -0.2) is 28.9 Å². The molecule has 0 atom stereocenters. The quantitative estimate of drug-likeness (QED) is 0.327. The summed E-state index contributed by atoms with van der Waals surface area (Å²) in [5, 5.41) is 2.79. The molecule has 0 aliphatic rings. The van der Waals surface area contributed by atoms with Gasteiger partial charge in [0.15, 0.2) is 11.4 Å². The first-order valence-electron chi connectivity index (χ1n) is 11.5. The molecule has 3 aromatic carbocycles. The van der Waals surface area contributed by atoms with Gasteiger partial charge in [-0.25, -0.2) is 18.4 Å². The van der Waals surface area contributed by atoms with Crippen LogP contribution in [0.1, 0.15) is 16.1 Å². The summed E-state index contributed by atoms with van der Waals surface area (Å²) in [4.78, 5) is 22.6. The predicted molar refractivity (Wildman–Crippen MR) is 139 cm³/mol. The molecule has 0 radical (unpaired) electrons. The van der Waals surface area contributed by atoms with E-state index < -0.39 is 15.7 Å². The summed E-state index contributed by atoms with van der Waals surface area (Å²) in [6.07, 6.45) is 1.38. The van der Waals surface area contributed by atoms with Crippen LogP contribution >= 0.6 is 0 Å². The Kier molecular flexibility index (Phi) is 5.54. The number of nitrogens with zero attached hydrogens (tertiary/aromatic N) is 3. The van der Waals surface area contributed by atoms with Crippen molar-refractivity contribution in [2.24, 2.45) is 0 Å². The SMILES string of the molecule is O=C(Nc1c(S(=O)(=O)c2ccccc2)c2nc3ccccc3nc2n1Cc1ccccc1)c1ccco1. The third-order valence-electron chi connectivity index (χ3n) is 5.99. The largest absolute Gasteiger partial charge is 0.459 e. The van der Waals surface area contributed by atoms with Gasteiger partial charge in [0.05, 0.1) is 28.7 Å². The number of anilines is 1. The van der Waals surface area contributed by atoms with Crippen LogP contribution in [0.15, 0.2) is 118 Å². The van der Waals surface area contributed by atoms with Crippen LogP contribution in [-0.2, 0) is 16.4 Å². The molecule has 8 nitrogen and oxygen atoms in total. The highest BCUT2D eigenvalue weighted by molar-refractivity contribution is 7.92. The maximum atomic E-state index is 14.1. The van der Waals surface area contributed by atoms with Gasteiger partial charge in [-0.15, -0.1) is 0 Å². The number of nitrogens with one attached hydrogen (secondary N) is 1. The summed E-state index contributed by atoms with van der Waals surface area (Å²) in [5.41, 5.74) is 2.56. The summed E-state index contributed by atoms with van der Waals surface area (Å²) in [6, 6.07) is 27.9. The van der Waals surface area contributed by atoms with Crippen molar-refractivity contribution in [2.75, 3.05) is 5.32 Å². The fourth-order valence-electron chi connectivity index (χ4n) is 4.26. The predicted octanol–water partition coefficient (Wildman–Crippen LogP) is 5.31. The lowest BCUT2D eigenvalue weighted by molar-refractivity contribution is 0.0995. The maximum absolute atomic E-state index is 14.1. The smallest absolute Gasteiger partial charge is 0.292 e. The lowest BCUT2D eigenvalue weighted by atomic mass is 10.2. The highest BCUT2D eigenvalue weighted by atomic mass is 32.2. The Labute approximate surface area is 212 Å². The molecule has 0 aliphatic carbocycles. The highest BCUT2D eigenvalue weighted by Crippen LogP contribution is 2.37. The molecule has 3 heterocycles. The Balaban J connectivity index is 1.69. The number of furan rings is 1. The Hall–Kier alpha value is -4.76. The molecule has 0 saturated carbocycles. The zero-order valence-electron chi connectivity index (χ0n) is 19.4. The average Bonchev–Trinajstić information content (AvgIpc) is 3.56. The van der Waals surface area contributed by atoms with E-state index in [4.69, 9.17) is 14.4 Å². The van der Waals surface area contributed by atoms with Gasteiger partial charge in [-0.1, -0.05) is 60.7 Å². The Bertz CT molecular complexity index is 1850. The average molecular weight is 509 g/mol. The van der Waals surface area contributed by atoms with Crippen LogP contribution < -0.4 is 5.32 Å². The van der Waals surface area contributed by atoms with E-state index in [0.29, 0.717) is 16.7 Å². The monoisotopic (exact) mass is 508 g/mol. The van der Waals surface area contributed by atoms with Crippen LogP contribution in [0.25, 0.3) is 22.2 Å². The molecule has 9 heteroatoms. The molecular formula is C28H20N4O4S. The molecule has 6 rings (SSSR count). The van der Waals surface area contributed by atoms with Crippen molar-refractivity contribution in [1.82, 2.24) is 14.5 Å². The van der Waals surface area contributed by atoms with Gasteiger partial charge in [-0.3, -0.25) is 4.79 Å². The van der Waals surface area contributed by atoms with Gasteiger partial charge in [-0.2, -0.15) is 0 Å². The molecule has 0 aliphatic heterocycles. The van der Waals surface area contributed by atoms with E-state index in [-0.39, 0.29) is 33.4 Å². The van der Waals surface area contributed by atoms with Gasteiger partial charge in [0, 0.05) is 0 Å². The second kappa shape index (κ2) is 9.03. The van der Waals surface area contributed by atoms with Crippen molar-refractivity contribution in [3.63, 3.8) is 0 Å². The van der Waals surface area contributed by atoms with Crippen molar-refractivity contribution in [2.45, 2.75) is 16.3 Å². The minimum atomic E-state index is -4.12. The summed E-state index contributed by atoms with van der Waals surface area (Å²) in [6.45, 7) is 0.252. The summed E-state index contributed by atoms with van der Waals surface area (Å²) in [5.74, 6) is -0.471. The van der Waals surface area contributed by atoms with Gasteiger partial charge in [-0.05, 0) is 42.0 Å². The van der Waals surface area contributed by atoms with Gasteiger partial charge in [0.25, 0.3) is 5.91 Å². The van der Waals surface area contributed by atoms with E-state index >= 15 is 0 Å². The standard InChI is InChI=1S/C28H20N4O4S/c33-28(23-16-9-17-36-23)31-27-25(37(34,35)20-12-5-2-6-13-20)24-26(30-22-15-8-7-14-21(22)29-24)32(27)18-19-10-3-1-4-11-19/h1-17H,18H2,(H,31,33). The van der Waals surface area contributed by atoms with Crippen LogP contribution in [0.4, 0.5) is 5.82 Å². The van der Waals surface area contributed by atoms with Gasteiger partial charge in [0.1, 0.15) is 16.2 Å². The number of rotatable bonds is 6. The van der Waals surface area contributed by atoms with Gasteiger partial charge >= 0.3 is 0 Å². The molecule has 0 bridgehead atoms. The number of aromatic nitrogens is 3. The van der Waals surface area contributed by atoms with Crippen molar-refractivity contribution in [1.29, 1.82) is 0 Å². The van der Waals surface area contributed by atoms with Crippen LogP contribution in [0, 0.1) is 0 Å². The first-order chi connectivity index (χ1) is 18.0. The zero-order valence-corrected chi connectivity index (χ0v) is 20.2. The van der Waals surface area contributed by atoms with Crippen molar-refractivity contribution in [3.05, 3.63) is 115 Å². The van der Waals surface area contributed by atoms with Crippen LogP contribution in [0.2, 0.25) is 0 Å². The van der Waals surface area contributed by atoms with E-state index in [1.807, 2.05) is 48.5 Å². The number of amides is 1. The minimum Gasteiger partial charge on any atom is -0.459 e. The number of sulfone groups is 1. The molecule has 182 valence electrons. The first-order valence-corrected chi connectivity index (χ1v) is 13.0. The third kappa shape index (κ3) is 4.05. The van der Waals surface area contributed by atoms with Gasteiger partial charge < -0.3 is 14.3 Å². The molecule has 0 spiro atoms. The lowest BCUT2D eigenvalue weighted by Gasteiger charge is -2.13. The first kappa shape index (κ1) is 22.7. The second-order valence-corrected chi connectivity index (χ2v) is 10.3. The summed E-state index contributed by atoms with van der Waals surface area (Å²) in [7, 11) is -4.12.